The molecule has 144 valence electrons. The van der Waals surface area contributed by atoms with Gasteiger partial charge in [0, 0.05) is 11.1 Å². The number of aromatic nitrogens is 3. The molecule has 30 heavy (non-hydrogen) atoms. The molecule has 3 aromatic carbocycles. The van der Waals surface area contributed by atoms with Crippen LogP contribution in [-0.4, -0.2) is 15.0 Å². The van der Waals surface area contributed by atoms with Gasteiger partial charge in [-0.25, -0.2) is 15.0 Å². The molecule has 5 heteroatoms. The lowest BCUT2D eigenvalue weighted by Gasteiger charge is -2.09. The van der Waals surface area contributed by atoms with Crippen molar-refractivity contribution in [3.05, 3.63) is 97.1 Å². The molecule has 0 aliphatic carbocycles. The number of nitrogens with zero attached hydrogens (tertiary/aromatic N) is 3. The standard InChI is InChI=1S/C25H18N4O/c26-25-28-22-16-15-21(27-24(22)23(29-25)18-7-3-1-4-8-18)17-11-13-20(14-12-17)30-19-9-5-2-6-10-19/h1-16H,(H2,26,28,29). The van der Waals surface area contributed by atoms with Gasteiger partial charge in [-0.3, -0.25) is 0 Å². The van der Waals surface area contributed by atoms with Crippen molar-refractivity contribution in [2.24, 2.45) is 0 Å². The molecule has 0 aliphatic heterocycles. The Morgan fingerprint density at radius 1 is 0.567 bits per heavy atom. The lowest BCUT2D eigenvalue weighted by atomic mass is 10.1. The second-order valence-corrected chi connectivity index (χ2v) is 6.80. The summed E-state index contributed by atoms with van der Waals surface area (Å²) in [6.45, 7) is 0. The van der Waals surface area contributed by atoms with Crippen LogP contribution in [0.25, 0.3) is 33.5 Å². The maximum absolute atomic E-state index is 5.93. The molecule has 0 saturated carbocycles. The number of para-hydroxylation sites is 1. The van der Waals surface area contributed by atoms with E-state index in [1.54, 1.807) is 0 Å². The van der Waals surface area contributed by atoms with E-state index >= 15 is 0 Å². The molecule has 0 bridgehead atoms. The van der Waals surface area contributed by atoms with Gasteiger partial charge in [0.25, 0.3) is 0 Å². The number of rotatable bonds is 4. The number of nitrogens with two attached hydrogens (primary N) is 1. The molecule has 0 unspecified atom stereocenters. The van der Waals surface area contributed by atoms with Crippen molar-refractivity contribution >= 4 is 17.0 Å². The van der Waals surface area contributed by atoms with Gasteiger partial charge in [-0.15, -0.1) is 0 Å². The number of hydrogen-bond donors (Lipinski definition) is 1. The fraction of sp³-hybridized carbons (Fsp3) is 0. The zero-order valence-electron chi connectivity index (χ0n) is 16.1. The fourth-order valence-corrected chi connectivity index (χ4v) is 3.31. The summed E-state index contributed by atoms with van der Waals surface area (Å²) < 4.78 is 5.88. The summed E-state index contributed by atoms with van der Waals surface area (Å²) in [6, 6.07) is 31.3. The molecule has 0 atom stereocenters. The van der Waals surface area contributed by atoms with Crippen LogP contribution < -0.4 is 10.5 Å². The van der Waals surface area contributed by atoms with Crippen molar-refractivity contribution < 1.29 is 4.74 Å². The summed E-state index contributed by atoms with van der Waals surface area (Å²) >= 11 is 0. The van der Waals surface area contributed by atoms with Crippen molar-refractivity contribution in [1.29, 1.82) is 0 Å². The Kier molecular flexibility index (Phi) is 4.54. The molecule has 5 aromatic rings. The van der Waals surface area contributed by atoms with Crippen LogP contribution in [0.5, 0.6) is 11.5 Å². The third-order valence-electron chi connectivity index (χ3n) is 4.74. The number of ether oxygens (including phenoxy) is 1. The highest BCUT2D eigenvalue weighted by molar-refractivity contribution is 5.91. The zero-order chi connectivity index (χ0) is 20.3. The smallest absolute Gasteiger partial charge is 0.221 e. The monoisotopic (exact) mass is 390 g/mol. The van der Waals surface area contributed by atoms with Crippen LogP contribution in [0.3, 0.4) is 0 Å². The Labute approximate surface area is 173 Å². The van der Waals surface area contributed by atoms with Gasteiger partial charge in [0.2, 0.25) is 5.95 Å². The SMILES string of the molecule is Nc1nc(-c2ccccc2)c2nc(-c3ccc(Oc4ccccc4)cc3)ccc2n1. The Bertz CT molecular complexity index is 1300. The van der Waals surface area contributed by atoms with Crippen molar-refractivity contribution in [3.8, 4) is 34.0 Å². The molecular weight excluding hydrogens is 372 g/mol. The van der Waals surface area contributed by atoms with Gasteiger partial charge in [0.15, 0.2) is 0 Å². The minimum Gasteiger partial charge on any atom is -0.457 e. The van der Waals surface area contributed by atoms with Crippen molar-refractivity contribution in [1.82, 2.24) is 15.0 Å². The first-order chi connectivity index (χ1) is 14.8. The highest BCUT2D eigenvalue weighted by Crippen LogP contribution is 2.29. The van der Waals surface area contributed by atoms with Crippen LogP contribution >= 0.6 is 0 Å². The number of benzene rings is 3. The third-order valence-corrected chi connectivity index (χ3v) is 4.74. The van der Waals surface area contributed by atoms with E-state index in [9.17, 15) is 0 Å². The van der Waals surface area contributed by atoms with Crippen LogP contribution in [0.4, 0.5) is 5.95 Å². The molecule has 2 heterocycles. The van der Waals surface area contributed by atoms with Gasteiger partial charge >= 0.3 is 0 Å². The zero-order valence-corrected chi connectivity index (χ0v) is 16.1. The summed E-state index contributed by atoms with van der Waals surface area (Å²) in [4.78, 5) is 13.6. The van der Waals surface area contributed by atoms with E-state index in [0.717, 1.165) is 39.5 Å². The summed E-state index contributed by atoms with van der Waals surface area (Å²) in [5.74, 6) is 1.81. The van der Waals surface area contributed by atoms with Gasteiger partial charge in [-0.2, -0.15) is 0 Å². The number of hydrogen-bond acceptors (Lipinski definition) is 5. The maximum atomic E-state index is 5.93. The molecule has 0 aliphatic rings. The predicted molar refractivity (Wildman–Crippen MR) is 119 cm³/mol. The van der Waals surface area contributed by atoms with E-state index in [0.29, 0.717) is 5.52 Å². The van der Waals surface area contributed by atoms with Gasteiger partial charge in [-0.1, -0.05) is 48.5 Å². The summed E-state index contributed by atoms with van der Waals surface area (Å²) in [7, 11) is 0. The van der Waals surface area contributed by atoms with Crippen LogP contribution in [0.15, 0.2) is 97.1 Å². The Hall–Kier alpha value is -4.25. The lowest BCUT2D eigenvalue weighted by Crippen LogP contribution is -2.00. The maximum Gasteiger partial charge on any atom is 0.221 e. The van der Waals surface area contributed by atoms with Crippen molar-refractivity contribution in [2.75, 3.05) is 5.73 Å². The number of anilines is 1. The normalized spacial score (nSPS) is 10.8. The molecule has 0 radical (unpaired) electrons. The van der Waals surface area contributed by atoms with Crippen LogP contribution in [-0.2, 0) is 0 Å². The van der Waals surface area contributed by atoms with Crippen molar-refractivity contribution in [2.45, 2.75) is 0 Å². The molecule has 0 saturated heterocycles. The molecule has 0 amide bonds. The highest BCUT2D eigenvalue weighted by atomic mass is 16.5. The average Bonchev–Trinajstić information content (AvgIpc) is 2.80. The Balaban J connectivity index is 1.53. The number of pyridine rings is 1. The van der Waals surface area contributed by atoms with Gasteiger partial charge in [0.05, 0.1) is 11.2 Å². The average molecular weight is 390 g/mol. The molecule has 0 spiro atoms. The molecule has 0 fully saturated rings. The molecule has 2 N–H and O–H groups in total. The van der Waals surface area contributed by atoms with E-state index in [4.69, 9.17) is 15.5 Å². The first-order valence-corrected chi connectivity index (χ1v) is 9.59. The first kappa shape index (κ1) is 17.8. The van der Waals surface area contributed by atoms with E-state index in [1.165, 1.54) is 0 Å². The Morgan fingerprint density at radius 3 is 1.97 bits per heavy atom. The molecule has 5 rings (SSSR count). The second kappa shape index (κ2) is 7.64. The largest absolute Gasteiger partial charge is 0.457 e. The fourth-order valence-electron chi connectivity index (χ4n) is 3.31. The topological polar surface area (TPSA) is 73.9 Å². The minimum atomic E-state index is 0.235. The molecule has 5 nitrogen and oxygen atoms in total. The third kappa shape index (κ3) is 3.56. The number of nitrogen functional groups attached to an aromatic ring is 1. The van der Waals surface area contributed by atoms with Gasteiger partial charge in [-0.05, 0) is 48.5 Å². The van der Waals surface area contributed by atoms with Gasteiger partial charge in [0.1, 0.15) is 22.7 Å². The quantitative estimate of drug-likeness (QED) is 0.424. The van der Waals surface area contributed by atoms with Gasteiger partial charge < -0.3 is 10.5 Å². The second-order valence-electron chi connectivity index (χ2n) is 6.80. The van der Waals surface area contributed by atoms with E-state index in [-0.39, 0.29) is 5.95 Å². The van der Waals surface area contributed by atoms with E-state index in [2.05, 4.69) is 9.97 Å². The summed E-state index contributed by atoms with van der Waals surface area (Å²) in [6.07, 6.45) is 0. The predicted octanol–water partition coefficient (Wildman–Crippen LogP) is 5.73. The van der Waals surface area contributed by atoms with E-state index < -0.39 is 0 Å². The van der Waals surface area contributed by atoms with Crippen LogP contribution in [0.1, 0.15) is 0 Å². The minimum absolute atomic E-state index is 0.235. The Morgan fingerprint density at radius 2 is 1.23 bits per heavy atom. The lowest BCUT2D eigenvalue weighted by molar-refractivity contribution is 0.483. The highest BCUT2D eigenvalue weighted by Gasteiger charge is 2.12. The molecule has 2 aromatic heterocycles. The van der Waals surface area contributed by atoms with Crippen LogP contribution in [0.2, 0.25) is 0 Å². The first-order valence-electron chi connectivity index (χ1n) is 9.59. The van der Waals surface area contributed by atoms with E-state index in [1.807, 2.05) is 97.1 Å². The number of fused-ring (bicyclic) bond motifs is 1. The van der Waals surface area contributed by atoms with Crippen LogP contribution in [0, 0.1) is 0 Å². The summed E-state index contributed by atoms with van der Waals surface area (Å²) in [5, 5.41) is 0. The van der Waals surface area contributed by atoms with Crippen molar-refractivity contribution in [3.63, 3.8) is 0 Å². The summed E-state index contributed by atoms with van der Waals surface area (Å²) in [5.41, 5.74) is 10.9. The molecular formula is C25H18N4O.